The summed E-state index contributed by atoms with van der Waals surface area (Å²) in [6, 6.07) is 4.89. The third kappa shape index (κ3) is 3.21. The molecule has 0 fully saturated rings. The summed E-state index contributed by atoms with van der Waals surface area (Å²) in [4.78, 5) is 5.15. The Hall–Kier alpha value is -1.97. The minimum absolute atomic E-state index is 0.259. The van der Waals surface area contributed by atoms with Crippen LogP contribution in [0.1, 0.15) is 11.3 Å². The van der Waals surface area contributed by atoms with Crippen LogP contribution in [0.4, 0.5) is 0 Å². The highest BCUT2D eigenvalue weighted by Gasteiger charge is 2.17. The Morgan fingerprint density at radius 1 is 1.39 bits per heavy atom. The first-order valence-electron chi connectivity index (χ1n) is 6.91. The summed E-state index contributed by atoms with van der Waals surface area (Å²) in [5.41, 5.74) is 1.57. The van der Waals surface area contributed by atoms with Crippen molar-refractivity contribution in [1.82, 2.24) is 19.3 Å². The van der Waals surface area contributed by atoms with E-state index in [0.29, 0.717) is 24.3 Å². The Morgan fingerprint density at radius 2 is 2.22 bits per heavy atom. The third-order valence-corrected chi connectivity index (χ3v) is 5.93. The smallest absolute Gasteiger partial charge is 0.240 e. The van der Waals surface area contributed by atoms with Crippen LogP contribution in [0.5, 0.6) is 5.75 Å². The van der Waals surface area contributed by atoms with Crippen LogP contribution in [0.15, 0.2) is 34.8 Å². The maximum absolute atomic E-state index is 12.4. The highest BCUT2D eigenvalue weighted by Crippen LogP contribution is 2.21. The van der Waals surface area contributed by atoms with Gasteiger partial charge in [-0.1, -0.05) is 0 Å². The topological polar surface area (TPSA) is 85.6 Å². The average Bonchev–Trinajstić information content (AvgIpc) is 3.11. The molecule has 0 amide bonds. The summed E-state index contributed by atoms with van der Waals surface area (Å²) < 4.78 is 34.3. The van der Waals surface area contributed by atoms with Gasteiger partial charge in [0.05, 0.1) is 17.7 Å². The number of benzene rings is 1. The van der Waals surface area contributed by atoms with Crippen molar-refractivity contribution in [3.8, 4) is 5.75 Å². The van der Waals surface area contributed by atoms with E-state index in [9.17, 15) is 8.42 Å². The van der Waals surface area contributed by atoms with Crippen LogP contribution in [-0.2, 0) is 16.4 Å². The van der Waals surface area contributed by atoms with Crippen molar-refractivity contribution < 1.29 is 13.2 Å². The standard InChI is InChI=1S/C14H16N4O3S2/c1-10-7-12(21-2)3-4-13(10)23(19,20)17-6-5-11-8-22-14-15-9-16-18(11)14/h3-4,7-9,17H,5-6H2,1-2H3. The van der Waals surface area contributed by atoms with Gasteiger partial charge < -0.3 is 4.74 Å². The molecule has 0 saturated carbocycles. The van der Waals surface area contributed by atoms with Crippen molar-refractivity contribution in [2.24, 2.45) is 0 Å². The SMILES string of the molecule is COc1ccc(S(=O)(=O)NCCc2csc3ncnn23)c(C)c1. The van der Waals surface area contributed by atoms with E-state index in [1.54, 1.807) is 36.7 Å². The number of thiazole rings is 1. The van der Waals surface area contributed by atoms with E-state index in [0.717, 1.165) is 10.7 Å². The van der Waals surface area contributed by atoms with Gasteiger partial charge in [-0.05, 0) is 30.7 Å². The molecule has 0 spiro atoms. The van der Waals surface area contributed by atoms with Gasteiger partial charge in [0, 0.05) is 18.3 Å². The van der Waals surface area contributed by atoms with E-state index in [-0.39, 0.29) is 4.90 Å². The number of aryl methyl sites for hydroxylation is 1. The van der Waals surface area contributed by atoms with Gasteiger partial charge in [-0.15, -0.1) is 11.3 Å². The molecule has 2 aromatic heterocycles. The highest BCUT2D eigenvalue weighted by atomic mass is 32.2. The zero-order chi connectivity index (χ0) is 16.4. The number of sulfonamides is 1. The van der Waals surface area contributed by atoms with Gasteiger partial charge in [-0.2, -0.15) is 5.10 Å². The minimum Gasteiger partial charge on any atom is -0.497 e. The molecule has 1 N–H and O–H groups in total. The molecule has 0 unspecified atom stereocenters. The Kier molecular flexibility index (Phi) is 4.33. The summed E-state index contributed by atoms with van der Waals surface area (Å²) in [7, 11) is -2.01. The van der Waals surface area contributed by atoms with E-state index in [4.69, 9.17) is 4.74 Å². The van der Waals surface area contributed by atoms with Crippen molar-refractivity contribution in [3.05, 3.63) is 41.2 Å². The van der Waals surface area contributed by atoms with E-state index < -0.39 is 10.0 Å². The maximum atomic E-state index is 12.4. The van der Waals surface area contributed by atoms with Crippen molar-refractivity contribution in [2.75, 3.05) is 13.7 Å². The molecule has 122 valence electrons. The molecule has 23 heavy (non-hydrogen) atoms. The van der Waals surface area contributed by atoms with Gasteiger partial charge >= 0.3 is 0 Å². The van der Waals surface area contributed by atoms with E-state index in [2.05, 4.69) is 14.8 Å². The van der Waals surface area contributed by atoms with Crippen LogP contribution in [0.3, 0.4) is 0 Å². The molecule has 0 saturated heterocycles. The van der Waals surface area contributed by atoms with E-state index >= 15 is 0 Å². The van der Waals surface area contributed by atoms with Gasteiger partial charge in [-0.25, -0.2) is 22.6 Å². The van der Waals surface area contributed by atoms with Crippen LogP contribution in [0.2, 0.25) is 0 Å². The van der Waals surface area contributed by atoms with Crippen molar-refractivity contribution in [2.45, 2.75) is 18.2 Å². The lowest BCUT2D eigenvalue weighted by Gasteiger charge is -2.10. The fourth-order valence-electron chi connectivity index (χ4n) is 2.29. The van der Waals surface area contributed by atoms with Gasteiger partial charge in [0.15, 0.2) is 0 Å². The lowest BCUT2D eigenvalue weighted by Crippen LogP contribution is -2.27. The number of fused-ring (bicyclic) bond motifs is 1. The number of rotatable bonds is 6. The Morgan fingerprint density at radius 3 is 2.96 bits per heavy atom. The molecule has 0 bridgehead atoms. The van der Waals surface area contributed by atoms with Crippen LogP contribution < -0.4 is 9.46 Å². The summed E-state index contributed by atoms with van der Waals surface area (Å²) in [6.45, 7) is 2.04. The predicted molar refractivity (Wildman–Crippen MR) is 87.5 cm³/mol. The van der Waals surface area contributed by atoms with Gasteiger partial charge in [0.2, 0.25) is 15.0 Å². The molecule has 2 heterocycles. The summed E-state index contributed by atoms with van der Waals surface area (Å²) in [6.07, 6.45) is 2.03. The molecule has 0 radical (unpaired) electrons. The van der Waals surface area contributed by atoms with Crippen molar-refractivity contribution in [3.63, 3.8) is 0 Å². The molecule has 0 atom stereocenters. The number of methoxy groups -OCH3 is 1. The van der Waals surface area contributed by atoms with Gasteiger partial charge in [0.1, 0.15) is 12.1 Å². The first kappa shape index (κ1) is 15.9. The number of nitrogens with zero attached hydrogens (tertiary/aromatic N) is 3. The van der Waals surface area contributed by atoms with Crippen LogP contribution in [-0.4, -0.2) is 36.7 Å². The molecule has 0 aliphatic carbocycles. The minimum atomic E-state index is -3.56. The fraction of sp³-hybridized carbons (Fsp3) is 0.286. The summed E-state index contributed by atoms with van der Waals surface area (Å²) >= 11 is 1.48. The zero-order valence-corrected chi connectivity index (χ0v) is 14.3. The quantitative estimate of drug-likeness (QED) is 0.729. The largest absolute Gasteiger partial charge is 0.497 e. The molecule has 0 aliphatic heterocycles. The molecular weight excluding hydrogens is 336 g/mol. The van der Waals surface area contributed by atoms with Gasteiger partial charge in [0.25, 0.3) is 0 Å². The highest BCUT2D eigenvalue weighted by molar-refractivity contribution is 7.89. The van der Waals surface area contributed by atoms with Crippen molar-refractivity contribution in [1.29, 1.82) is 0 Å². The zero-order valence-electron chi connectivity index (χ0n) is 12.7. The maximum Gasteiger partial charge on any atom is 0.240 e. The molecular formula is C14H16N4O3S2. The molecule has 1 aromatic carbocycles. The molecule has 0 aliphatic rings. The second kappa shape index (κ2) is 6.26. The fourth-order valence-corrected chi connectivity index (χ4v) is 4.37. The third-order valence-electron chi connectivity index (χ3n) is 3.43. The molecule has 3 rings (SSSR count). The Labute approximate surface area is 138 Å². The lowest BCUT2D eigenvalue weighted by atomic mass is 10.2. The molecule has 7 nitrogen and oxygen atoms in total. The number of ether oxygens (including phenoxy) is 1. The monoisotopic (exact) mass is 352 g/mol. The molecule has 3 aromatic rings. The number of hydrogen-bond acceptors (Lipinski definition) is 6. The van der Waals surface area contributed by atoms with Crippen LogP contribution in [0.25, 0.3) is 4.96 Å². The van der Waals surface area contributed by atoms with Crippen molar-refractivity contribution >= 4 is 26.3 Å². The Bertz CT molecular complexity index is 931. The second-order valence-corrected chi connectivity index (χ2v) is 7.53. The van der Waals surface area contributed by atoms with Crippen LogP contribution in [0, 0.1) is 6.92 Å². The second-order valence-electron chi connectivity index (χ2n) is 4.96. The summed E-state index contributed by atoms with van der Waals surface area (Å²) in [5.74, 6) is 0.633. The van der Waals surface area contributed by atoms with E-state index in [1.165, 1.54) is 17.7 Å². The number of aromatic nitrogens is 3. The first-order chi connectivity index (χ1) is 11.0. The average molecular weight is 352 g/mol. The lowest BCUT2D eigenvalue weighted by molar-refractivity contribution is 0.414. The van der Waals surface area contributed by atoms with E-state index in [1.807, 2.05) is 5.38 Å². The summed E-state index contributed by atoms with van der Waals surface area (Å²) in [5, 5.41) is 6.04. The first-order valence-corrected chi connectivity index (χ1v) is 9.28. The normalized spacial score (nSPS) is 11.9. The van der Waals surface area contributed by atoms with Gasteiger partial charge in [-0.3, -0.25) is 0 Å². The predicted octanol–water partition coefficient (Wildman–Crippen LogP) is 1.63. The number of nitrogens with one attached hydrogen (secondary N) is 1. The van der Waals surface area contributed by atoms with Crippen LogP contribution >= 0.6 is 11.3 Å². The number of hydrogen-bond donors (Lipinski definition) is 1. The molecule has 9 heteroatoms. The Balaban J connectivity index is 1.70.